The molecule has 10 aromatic rings. The van der Waals surface area contributed by atoms with Crippen molar-refractivity contribution in [3.05, 3.63) is 158 Å². The van der Waals surface area contributed by atoms with Gasteiger partial charge < -0.3 is 9.13 Å². The highest BCUT2D eigenvalue weighted by molar-refractivity contribution is 6.28. The Morgan fingerprint density at radius 2 is 0.614 bits per heavy atom. The minimum Gasteiger partial charge on any atom is -0.309 e. The van der Waals surface area contributed by atoms with Gasteiger partial charge in [-0.25, -0.2) is 0 Å². The molecule has 0 aliphatic heterocycles. The summed E-state index contributed by atoms with van der Waals surface area (Å²) in [6, 6.07) is 57.8. The number of benzene rings is 8. The van der Waals surface area contributed by atoms with Crippen LogP contribution in [0.1, 0.15) is 0 Å². The zero-order valence-electron chi connectivity index (χ0n) is 23.9. The number of aromatic nitrogens is 2. The quantitative estimate of drug-likeness (QED) is 0.187. The third-order valence-electron chi connectivity index (χ3n) is 9.47. The summed E-state index contributed by atoms with van der Waals surface area (Å²) in [5, 5.41) is 12.7. The second-order valence-corrected chi connectivity index (χ2v) is 11.7. The Labute approximate surface area is 253 Å². The minimum atomic E-state index is 1.16. The van der Waals surface area contributed by atoms with E-state index in [1.54, 1.807) is 0 Å². The van der Waals surface area contributed by atoms with Crippen molar-refractivity contribution < 1.29 is 0 Å². The molecule has 204 valence electrons. The minimum absolute atomic E-state index is 1.16. The molecule has 2 heteroatoms. The van der Waals surface area contributed by atoms with Crippen LogP contribution in [0.25, 0.3) is 87.3 Å². The van der Waals surface area contributed by atoms with Crippen LogP contribution in [0.15, 0.2) is 158 Å². The first-order valence-electron chi connectivity index (χ1n) is 15.2. The van der Waals surface area contributed by atoms with E-state index < -0.39 is 0 Å². The van der Waals surface area contributed by atoms with Crippen LogP contribution in [-0.4, -0.2) is 9.13 Å². The fourth-order valence-electron chi connectivity index (χ4n) is 7.68. The highest BCUT2D eigenvalue weighted by Crippen LogP contribution is 2.43. The van der Waals surface area contributed by atoms with Crippen LogP contribution < -0.4 is 0 Å². The highest BCUT2D eigenvalue weighted by Gasteiger charge is 2.20. The summed E-state index contributed by atoms with van der Waals surface area (Å²) in [7, 11) is 0. The lowest BCUT2D eigenvalue weighted by atomic mass is 9.92. The number of rotatable bonds is 2. The van der Waals surface area contributed by atoms with Crippen LogP contribution >= 0.6 is 0 Å². The molecule has 0 bridgehead atoms. The van der Waals surface area contributed by atoms with Crippen molar-refractivity contribution in [2.75, 3.05) is 0 Å². The summed E-state index contributed by atoms with van der Waals surface area (Å²) in [6.07, 6.45) is 0. The fraction of sp³-hybridized carbons (Fsp3) is 0. The smallest absolute Gasteiger partial charge is 0.0567 e. The molecule has 8 aromatic carbocycles. The van der Waals surface area contributed by atoms with Crippen LogP contribution in [0.5, 0.6) is 0 Å². The van der Waals surface area contributed by atoms with E-state index in [2.05, 4.69) is 167 Å². The highest BCUT2D eigenvalue weighted by atomic mass is 15.0. The largest absolute Gasteiger partial charge is 0.309 e. The van der Waals surface area contributed by atoms with Crippen molar-refractivity contribution >= 4 is 75.9 Å². The average Bonchev–Trinajstić information content (AvgIpc) is 3.61. The van der Waals surface area contributed by atoms with Gasteiger partial charge in [0.15, 0.2) is 0 Å². The number of hydrogen-bond donors (Lipinski definition) is 0. The van der Waals surface area contributed by atoms with E-state index in [1.165, 1.54) is 81.6 Å². The molecule has 0 radical (unpaired) electrons. The maximum atomic E-state index is 2.49. The Balaban J connectivity index is 1.49. The van der Waals surface area contributed by atoms with Crippen LogP contribution in [-0.2, 0) is 0 Å². The third-order valence-corrected chi connectivity index (χ3v) is 9.47. The van der Waals surface area contributed by atoms with Crippen molar-refractivity contribution in [2.45, 2.75) is 0 Å². The first kappa shape index (κ1) is 23.7. The molecule has 0 N–H and O–H groups in total. The monoisotopic (exact) mass is 558 g/mol. The topological polar surface area (TPSA) is 9.86 Å². The molecular formula is C42H26N2. The molecule has 0 fully saturated rings. The lowest BCUT2D eigenvalue weighted by Gasteiger charge is -2.19. The van der Waals surface area contributed by atoms with Gasteiger partial charge >= 0.3 is 0 Å². The first-order valence-corrected chi connectivity index (χ1v) is 15.2. The summed E-state index contributed by atoms with van der Waals surface area (Å²) in [5.41, 5.74) is 7.21. The van der Waals surface area contributed by atoms with Gasteiger partial charge in [-0.1, -0.05) is 121 Å². The van der Waals surface area contributed by atoms with Gasteiger partial charge in [0.2, 0.25) is 0 Å². The zero-order chi connectivity index (χ0) is 28.8. The molecule has 0 unspecified atom stereocenters. The van der Waals surface area contributed by atoms with Gasteiger partial charge in [0.1, 0.15) is 0 Å². The molecule has 0 aliphatic carbocycles. The summed E-state index contributed by atoms with van der Waals surface area (Å²) < 4.78 is 4.94. The van der Waals surface area contributed by atoms with E-state index in [0.717, 1.165) is 5.69 Å². The SMILES string of the molecule is c1ccc2c(c1)c1ccccc1c1c(-n3c4ccccc4c4ccccc43)cc(-n3c4ccccc4c4ccccc43)cc21. The lowest BCUT2D eigenvalue weighted by Crippen LogP contribution is -2.01. The predicted octanol–water partition coefficient (Wildman–Crippen LogP) is 11.3. The van der Waals surface area contributed by atoms with Crippen molar-refractivity contribution in [1.29, 1.82) is 0 Å². The average molecular weight is 559 g/mol. The normalized spacial score (nSPS) is 12.1. The van der Waals surface area contributed by atoms with Gasteiger partial charge in [-0.05, 0) is 63.3 Å². The molecule has 2 aromatic heterocycles. The molecule has 2 nitrogen and oxygen atoms in total. The van der Waals surface area contributed by atoms with Gasteiger partial charge in [-0.3, -0.25) is 0 Å². The third kappa shape index (κ3) is 3.09. The number of nitrogens with zero attached hydrogens (tertiary/aromatic N) is 2. The van der Waals surface area contributed by atoms with Gasteiger partial charge in [0.25, 0.3) is 0 Å². The molecule has 0 aliphatic rings. The van der Waals surface area contributed by atoms with Gasteiger partial charge in [-0.15, -0.1) is 0 Å². The summed E-state index contributed by atoms with van der Waals surface area (Å²) >= 11 is 0. The van der Waals surface area contributed by atoms with Crippen LogP contribution in [0, 0.1) is 0 Å². The first-order chi connectivity index (χ1) is 21.9. The van der Waals surface area contributed by atoms with E-state index in [4.69, 9.17) is 0 Å². The number of fused-ring (bicyclic) bond motifs is 12. The second-order valence-electron chi connectivity index (χ2n) is 11.7. The van der Waals surface area contributed by atoms with Crippen molar-refractivity contribution in [1.82, 2.24) is 9.13 Å². The Hall–Kier alpha value is -5.86. The molecule has 0 atom stereocenters. The Morgan fingerprint density at radius 1 is 0.273 bits per heavy atom. The molecule has 0 saturated heterocycles. The van der Waals surface area contributed by atoms with E-state index >= 15 is 0 Å². The predicted molar refractivity (Wildman–Crippen MR) is 188 cm³/mol. The van der Waals surface area contributed by atoms with Crippen molar-refractivity contribution in [3.8, 4) is 11.4 Å². The summed E-state index contributed by atoms with van der Waals surface area (Å²) in [6.45, 7) is 0. The fourth-order valence-corrected chi connectivity index (χ4v) is 7.68. The maximum absolute atomic E-state index is 2.49. The standard InChI is InChI=1S/C42H26N2/c1-2-15-30-28(13-1)29-14-3-4-20-35(29)42-36(30)25-27(43-37-21-9-5-16-31(37)32-17-6-10-22-38(32)43)26-41(42)44-39-23-11-7-18-33(39)34-19-8-12-24-40(34)44/h1-26H. The Kier molecular flexibility index (Phi) is 4.75. The van der Waals surface area contributed by atoms with E-state index in [-0.39, 0.29) is 0 Å². The van der Waals surface area contributed by atoms with E-state index in [0.29, 0.717) is 0 Å². The van der Waals surface area contributed by atoms with Gasteiger partial charge in [0.05, 0.1) is 27.8 Å². The Bertz CT molecular complexity index is 2670. The molecular weight excluding hydrogens is 532 g/mol. The van der Waals surface area contributed by atoms with Crippen molar-refractivity contribution in [3.63, 3.8) is 0 Å². The second kappa shape index (κ2) is 8.82. The van der Waals surface area contributed by atoms with Crippen LogP contribution in [0.4, 0.5) is 0 Å². The molecule has 0 spiro atoms. The van der Waals surface area contributed by atoms with Gasteiger partial charge in [-0.2, -0.15) is 0 Å². The van der Waals surface area contributed by atoms with Crippen molar-refractivity contribution in [2.24, 2.45) is 0 Å². The van der Waals surface area contributed by atoms with E-state index in [1.807, 2.05) is 0 Å². The number of hydrogen-bond acceptors (Lipinski definition) is 0. The zero-order valence-corrected chi connectivity index (χ0v) is 23.9. The molecule has 10 rings (SSSR count). The van der Waals surface area contributed by atoms with Gasteiger partial charge in [0, 0.05) is 32.6 Å². The molecule has 2 heterocycles. The Morgan fingerprint density at radius 3 is 1.09 bits per heavy atom. The van der Waals surface area contributed by atoms with Crippen LogP contribution in [0.3, 0.4) is 0 Å². The summed E-state index contributed by atoms with van der Waals surface area (Å²) in [5.74, 6) is 0. The van der Waals surface area contributed by atoms with Crippen LogP contribution in [0.2, 0.25) is 0 Å². The van der Waals surface area contributed by atoms with E-state index in [9.17, 15) is 0 Å². The number of para-hydroxylation sites is 4. The molecule has 44 heavy (non-hydrogen) atoms. The lowest BCUT2D eigenvalue weighted by molar-refractivity contribution is 1.15. The molecule has 0 amide bonds. The molecule has 0 saturated carbocycles. The summed E-state index contributed by atoms with van der Waals surface area (Å²) in [4.78, 5) is 0. The maximum Gasteiger partial charge on any atom is 0.0567 e.